The number of benzene rings is 3. The van der Waals surface area contributed by atoms with Crippen LogP contribution in [-0.2, 0) is 6.42 Å². The normalized spacial score (nSPS) is 18.8. The summed E-state index contributed by atoms with van der Waals surface area (Å²) in [5, 5.41) is 1.65. The minimum atomic E-state index is -0.205. The lowest BCUT2D eigenvalue weighted by molar-refractivity contribution is 0.348. The third-order valence-corrected chi connectivity index (χ3v) is 6.58. The fourth-order valence-corrected chi connectivity index (χ4v) is 4.53. The number of unbranched alkanes of at least 4 members (excludes halogenated alkanes) is 1. The summed E-state index contributed by atoms with van der Waals surface area (Å²) in [5.41, 5.74) is 4.09. The van der Waals surface area contributed by atoms with E-state index in [0.717, 1.165) is 23.3 Å². The highest BCUT2D eigenvalue weighted by atomic mass is 19.1. The van der Waals surface area contributed by atoms with Crippen LogP contribution in [0.25, 0.3) is 10.8 Å². The van der Waals surface area contributed by atoms with E-state index in [1.807, 2.05) is 30.3 Å². The molecule has 0 saturated heterocycles. The molecule has 0 amide bonds. The lowest BCUT2D eigenvalue weighted by Crippen LogP contribution is -2.10. The molecule has 0 nitrogen and oxygen atoms in total. The van der Waals surface area contributed by atoms with Gasteiger partial charge in [-0.15, -0.1) is 0 Å². The van der Waals surface area contributed by atoms with Crippen molar-refractivity contribution in [2.24, 2.45) is 5.92 Å². The van der Waals surface area contributed by atoms with Gasteiger partial charge in [0, 0.05) is 10.9 Å². The second-order valence-corrected chi connectivity index (χ2v) is 8.91. The highest BCUT2D eigenvalue weighted by Crippen LogP contribution is 2.36. The van der Waals surface area contributed by atoms with Gasteiger partial charge in [0.1, 0.15) is 5.82 Å². The van der Waals surface area contributed by atoms with E-state index in [1.165, 1.54) is 49.7 Å². The third kappa shape index (κ3) is 4.76. The Morgan fingerprint density at radius 1 is 0.900 bits per heavy atom. The maximum Gasteiger partial charge on any atom is 0.146 e. The van der Waals surface area contributed by atoms with Crippen molar-refractivity contribution in [1.29, 1.82) is 0 Å². The van der Waals surface area contributed by atoms with E-state index in [9.17, 15) is 0 Å². The molecule has 1 fully saturated rings. The van der Waals surface area contributed by atoms with Gasteiger partial charge in [-0.25, -0.2) is 4.39 Å². The number of hydrogen-bond acceptors (Lipinski definition) is 0. The van der Waals surface area contributed by atoms with Crippen molar-refractivity contribution in [2.75, 3.05) is 0 Å². The molecule has 1 aliphatic carbocycles. The summed E-state index contributed by atoms with van der Waals surface area (Å²) in [4.78, 5) is 0. The maximum atomic E-state index is 15.1. The standard InChI is InChI=1S/C29H31F/c1-3-4-5-22-8-10-23(11-9-22)12-15-25-16-17-27-20-26(18-19-28(27)29(25)30)24-13-6-21(2)7-14-24/h8-11,16-21,24H,3-7,13-14H2,1-2H3. The number of aryl methyl sites for hydroxylation is 1. The van der Waals surface area contributed by atoms with Crippen molar-refractivity contribution in [3.05, 3.63) is 82.7 Å². The van der Waals surface area contributed by atoms with Gasteiger partial charge in [0.05, 0.1) is 5.56 Å². The second-order valence-electron chi connectivity index (χ2n) is 8.91. The molecule has 4 rings (SSSR count). The third-order valence-electron chi connectivity index (χ3n) is 6.58. The first-order valence-corrected chi connectivity index (χ1v) is 11.5. The molecule has 0 radical (unpaired) electrons. The quantitative estimate of drug-likeness (QED) is 0.390. The number of hydrogen-bond donors (Lipinski definition) is 0. The Hall–Kier alpha value is -2.59. The van der Waals surface area contributed by atoms with Crippen LogP contribution < -0.4 is 0 Å². The summed E-state index contributed by atoms with van der Waals surface area (Å²) < 4.78 is 15.1. The fraction of sp³-hybridized carbons (Fsp3) is 0.379. The highest BCUT2D eigenvalue weighted by molar-refractivity contribution is 5.85. The average Bonchev–Trinajstić information content (AvgIpc) is 2.78. The Bertz CT molecular complexity index is 1060. The van der Waals surface area contributed by atoms with Crippen molar-refractivity contribution in [1.82, 2.24) is 0 Å². The van der Waals surface area contributed by atoms with Gasteiger partial charge >= 0.3 is 0 Å². The van der Waals surface area contributed by atoms with Crippen LogP contribution >= 0.6 is 0 Å². The second kappa shape index (κ2) is 9.48. The van der Waals surface area contributed by atoms with Crippen molar-refractivity contribution in [3.8, 4) is 11.8 Å². The predicted molar refractivity (Wildman–Crippen MR) is 125 cm³/mol. The monoisotopic (exact) mass is 398 g/mol. The zero-order valence-corrected chi connectivity index (χ0v) is 18.2. The largest absolute Gasteiger partial charge is 0.205 e. The molecule has 3 aromatic carbocycles. The minimum absolute atomic E-state index is 0.205. The van der Waals surface area contributed by atoms with Crippen LogP contribution in [-0.4, -0.2) is 0 Å². The van der Waals surface area contributed by atoms with Crippen molar-refractivity contribution < 1.29 is 4.39 Å². The summed E-state index contributed by atoms with van der Waals surface area (Å²) in [6.07, 6.45) is 8.59. The molecule has 3 aromatic rings. The van der Waals surface area contributed by atoms with E-state index >= 15 is 4.39 Å². The Morgan fingerprint density at radius 3 is 2.40 bits per heavy atom. The van der Waals surface area contributed by atoms with Crippen molar-refractivity contribution >= 4 is 10.8 Å². The topological polar surface area (TPSA) is 0 Å². The Morgan fingerprint density at radius 2 is 1.67 bits per heavy atom. The number of rotatable bonds is 4. The van der Waals surface area contributed by atoms with Crippen molar-refractivity contribution in [3.63, 3.8) is 0 Å². The summed E-state index contributed by atoms with van der Waals surface area (Å²) in [7, 11) is 0. The van der Waals surface area contributed by atoms with Crippen molar-refractivity contribution in [2.45, 2.75) is 64.7 Å². The summed E-state index contributed by atoms with van der Waals surface area (Å²) in [6.45, 7) is 4.55. The Labute approximate surface area is 180 Å². The Balaban J connectivity index is 1.54. The first-order chi connectivity index (χ1) is 14.6. The van der Waals surface area contributed by atoms with Gasteiger partial charge in [0.15, 0.2) is 0 Å². The fourth-order valence-electron chi connectivity index (χ4n) is 4.53. The molecular weight excluding hydrogens is 367 g/mol. The first kappa shape index (κ1) is 20.7. The summed E-state index contributed by atoms with van der Waals surface area (Å²) >= 11 is 0. The Kier molecular flexibility index (Phi) is 6.53. The van der Waals surface area contributed by atoms with Crippen LogP contribution in [0.1, 0.15) is 80.5 Å². The summed E-state index contributed by atoms with van der Waals surface area (Å²) in [5.74, 6) is 7.42. The van der Waals surface area contributed by atoms with Gasteiger partial charge in [-0.1, -0.05) is 81.3 Å². The molecule has 0 N–H and O–H groups in total. The van der Waals surface area contributed by atoms with Gasteiger partial charge in [-0.2, -0.15) is 0 Å². The molecule has 0 aliphatic heterocycles. The van der Waals surface area contributed by atoms with E-state index in [1.54, 1.807) is 0 Å². The average molecular weight is 399 g/mol. The maximum absolute atomic E-state index is 15.1. The lowest BCUT2D eigenvalue weighted by Gasteiger charge is -2.26. The molecule has 1 saturated carbocycles. The molecule has 1 aliphatic rings. The molecule has 0 spiro atoms. The zero-order valence-electron chi connectivity index (χ0n) is 18.2. The lowest BCUT2D eigenvalue weighted by atomic mass is 9.79. The smallest absolute Gasteiger partial charge is 0.146 e. The van der Waals surface area contributed by atoms with Crippen LogP contribution in [0.3, 0.4) is 0 Å². The van der Waals surface area contributed by atoms with E-state index < -0.39 is 0 Å². The molecule has 0 atom stereocenters. The van der Waals surface area contributed by atoms with E-state index in [2.05, 4.69) is 50.0 Å². The van der Waals surface area contributed by atoms with Gasteiger partial charge in [-0.05, 0) is 72.2 Å². The minimum Gasteiger partial charge on any atom is -0.205 e. The SMILES string of the molecule is CCCCc1ccc(C#Cc2ccc3cc(C4CCC(C)CC4)ccc3c2F)cc1. The molecule has 0 unspecified atom stereocenters. The van der Waals surface area contributed by atoms with Gasteiger partial charge in [-0.3, -0.25) is 0 Å². The van der Waals surface area contributed by atoms with Crippen LogP contribution in [0.4, 0.5) is 4.39 Å². The summed E-state index contributed by atoms with van der Waals surface area (Å²) in [6, 6.07) is 18.4. The van der Waals surface area contributed by atoms with Gasteiger partial charge < -0.3 is 0 Å². The van der Waals surface area contributed by atoms with E-state index in [0.29, 0.717) is 16.9 Å². The highest BCUT2D eigenvalue weighted by Gasteiger charge is 2.20. The zero-order chi connectivity index (χ0) is 20.9. The van der Waals surface area contributed by atoms with Crippen LogP contribution in [0, 0.1) is 23.6 Å². The van der Waals surface area contributed by atoms with Gasteiger partial charge in [0.2, 0.25) is 0 Å². The first-order valence-electron chi connectivity index (χ1n) is 11.5. The molecule has 0 heterocycles. The van der Waals surface area contributed by atoms with Gasteiger partial charge in [0.25, 0.3) is 0 Å². The van der Waals surface area contributed by atoms with E-state index in [4.69, 9.17) is 0 Å². The number of halogens is 1. The molecule has 154 valence electrons. The molecule has 1 heteroatoms. The predicted octanol–water partition coefficient (Wildman–Crippen LogP) is 8.02. The molecule has 30 heavy (non-hydrogen) atoms. The van der Waals surface area contributed by atoms with Crippen LogP contribution in [0.5, 0.6) is 0 Å². The molecular formula is C29H31F. The van der Waals surface area contributed by atoms with Crippen LogP contribution in [0.2, 0.25) is 0 Å². The number of fused-ring (bicyclic) bond motifs is 1. The molecule has 0 bridgehead atoms. The van der Waals surface area contributed by atoms with E-state index in [-0.39, 0.29) is 5.82 Å². The molecule has 0 aromatic heterocycles. The van der Waals surface area contributed by atoms with Crippen LogP contribution in [0.15, 0.2) is 54.6 Å².